The molecule has 222 valence electrons. The molecule has 4 rings (SSSR count). The number of aliphatic imine (C=N–C) groups is 1. The van der Waals surface area contributed by atoms with Gasteiger partial charge in [-0.05, 0) is 70.2 Å². The Morgan fingerprint density at radius 3 is 2.67 bits per heavy atom. The normalized spacial score (nSPS) is 16.5. The van der Waals surface area contributed by atoms with Crippen LogP contribution >= 0.6 is 11.6 Å². The smallest absolute Gasteiger partial charge is 0.277 e. The zero-order valence-electron chi connectivity index (χ0n) is 23.5. The van der Waals surface area contributed by atoms with Gasteiger partial charge in [0.15, 0.2) is 5.82 Å². The molecule has 1 aliphatic rings. The van der Waals surface area contributed by atoms with Gasteiger partial charge in [-0.2, -0.15) is 0 Å². The van der Waals surface area contributed by atoms with Crippen LogP contribution in [0.25, 0.3) is 6.20 Å². The Hall–Kier alpha value is -3.93. The average Bonchev–Trinajstić information content (AvgIpc) is 3.79. The van der Waals surface area contributed by atoms with Gasteiger partial charge in [-0.15, -0.1) is 0 Å². The van der Waals surface area contributed by atoms with Gasteiger partial charge in [-0.25, -0.2) is 13.8 Å². The lowest BCUT2D eigenvalue weighted by molar-refractivity contribution is 0.0315. The number of pyridine rings is 3. The molecular weight excluding hydrogens is 570 g/mol. The van der Waals surface area contributed by atoms with Crippen LogP contribution in [0.15, 0.2) is 69.1 Å². The van der Waals surface area contributed by atoms with E-state index >= 15 is 0 Å². The van der Waals surface area contributed by atoms with Crippen molar-refractivity contribution in [2.45, 2.75) is 58.8 Å². The summed E-state index contributed by atoms with van der Waals surface area (Å²) in [6, 6.07) is 5.34. The van der Waals surface area contributed by atoms with Crippen LogP contribution in [0.5, 0.6) is 5.75 Å². The van der Waals surface area contributed by atoms with Crippen molar-refractivity contribution >= 4 is 23.6 Å². The highest BCUT2D eigenvalue weighted by Crippen LogP contribution is 2.44. The first-order chi connectivity index (χ1) is 19.8. The molecule has 0 bridgehead atoms. The average molecular weight is 601 g/mol. The highest BCUT2D eigenvalue weighted by molar-refractivity contribution is 6.31. The summed E-state index contributed by atoms with van der Waals surface area (Å²) in [4.78, 5) is 34.7. The predicted octanol–water partition coefficient (Wildman–Crippen LogP) is 4.54. The Kier molecular flexibility index (Phi) is 9.24. The summed E-state index contributed by atoms with van der Waals surface area (Å²) in [7, 11) is 0. The fourth-order valence-corrected chi connectivity index (χ4v) is 4.41. The Morgan fingerprint density at radius 1 is 1.31 bits per heavy atom. The fraction of sp³-hybridized carbons (Fsp3) is 0.333. The van der Waals surface area contributed by atoms with Crippen molar-refractivity contribution in [3.8, 4) is 5.75 Å². The van der Waals surface area contributed by atoms with Gasteiger partial charge >= 0.3 is 0 Å². The Morgan fingerprint density at radius 2 is 2.02 bits per heavy atom. The van der Waals surface area contributed by atoms with Crippen molar-refractivity contribution in [1.29, 1.82) is 0 Å². The molecule has 0 spiro atoms. The second kappa shape index (κ2) is 12.5. The topological polar surface area (TPSA) is 119 Å². The summed E-state index contributed by atoms with van der Waals surface area (Å²) >= 11 is 6.29. The summed E-state index contributed by atoms with van der Waals surface area (Å²) < 4.78 is 35.1. The van der Waals surface area contributed by atoms with Gasteiger partial charge in [-0.3, -0.25) is 23.7 Å². The minimum Gasteiger partial charge on any atom is -0.485 e. The second-order valence-electron chi connectivity index (χ2n) is 10.4. The molecule has 2 N–H and O–H groups in total. The molecule has 42 heavy (non-hydrogen) atoms. The quantitative estimate of drug-likeness (QED) is 0.275. The van der Waals surface area contributed by atoms with Crippen LogP contribution in [0.4, 0.5) is 8.78 Å². The Labute approximate surface area is 245 Å². The number of nitrogens with zero attached hydrogens (tertiary/aromatic N) is 4. The van der Waals surface area contributed by atoms with Crippen LogP contribution in [0.3, 0.4) is 0 Å². The van der Waals surface area contributed by atoms with Gasteiger partial charge in [0.05, 0.1) is 17.9 Å². The third-order valence-electron chi connectivity index (χ3n) is 7.14. The first-order valence-corrected chi connectivity index (χ1v) is 13.6. The van der Waals surface area contributed by atoms with E-state index in [1.165, 1.54) is 39.9 Å². The van der Waals surface area contributed by atoms with Crippen LogP contribution < -0.4 is 15.9 Å². The molecule has 0 aliphatic heterocycles. The lowest BCUT2D eigenvalue weighted by atomic mass is 9.92. The largest absolute Gasteiger partial charge is 0.485 e. The molecule has 1 fully saturated rings. The van der Waals surface area contributed by atoms with E-state index in [0.717, 1.165) is 19.0 Å². The summed E-state index contributed by atoms with van der Waals surface area (Å²) in [5.41, 5.74) is -1.49. The molecule has 1 saturated carbocycles. The molecule has 0 saturated heterocycles. The van der Waals surface area contributed by atoms with E-state index < -0.39 is 34.5 Å². The number of aliphatic hydroxyl groups excluding tert-OH is 1. The summed E-state index contributed by atoms with van der Waals surface area (Å²) in [5.74, 6) is -1.67. The lowest BCUT2D eigenvalue weighted by Crippen LogP contribution is -2.37. The van der Waals surface area contributed by atoms with Crippen LogP contribution in [-0.4, -0.2) is 36.3 Å². The van der Waals surface area contributed by atoms with Crippen LogP contribution in [0, 0.1) is 24.5 Å². The van der Waals surface area contributed by atoms with Crippen LogP contribution in [-0.2, 0) is 12.2 Å². The van der Waals surface area contributed by atoms with E-state index in [2.05, 4.69) is 9.98 Å². The second-order valence-corrected chi connectivity index (χ2v) is 10.8. The minimum absolute atomic E-state index is 0.0196. The van der Waals surface area contributed by atoms with E-state index in [-0.39, 0.29) is 40.4 Å². The molecule has 0 aromatic carbocycles. The lowest BCUT2D eigenvalue weighted by Gasteiger charge is -2.23. The monoisotopic (exact) mass is 600 g/mol. The van der Waals surface area contributed by atoms with Gasteiger partial charge in [-0.1, -0.05) is 11.6 Å². The van der Waals surface area contributed by atoms with Gasteiger partial charge < -0.3 is 14.9 Å². The maximum atomic E-state index is 14.0. The third kappa shape index (κ3) is 6.75. The number of hydrogen-bond acceptors (Lipinski definition) is 7. The molecule has 3 aromatic rings. The predicted molar refractivity (Wildman–Crippen MR) is 156 cm³/mol. The molecule has 2 atom stereocenters. The first kappa shape index (κ1) is 31.0. The molecule has 12 heteroatoms. The SMILES string of the molecule is C/C(=C/N=C(\C=C\n1c(C)cc(OCc2ncc(F)cc2F)c(Cl)c1=O)n1cccc([C@@](C)(O)C2CC2)c1=O)[C@H](C)O. The number of ether oxygens (including phenoxy) is 1. The molecule has 1 aliphatic carbocycles. The first-order valence-electron chi connectivity index (χ1n) is 13.2. The summed E-state index contributed by atoms with van der Waals surface area (Å²) in [5, 5.41) is 20.6. The molecule has 3 aromatic heterocycles. The van der Waals surface area contributed by atoms with Gasteiger partial charge in [0.25, 0.3) is 11.1 Å². The van der Waals surface area contributed by atoms with Crippen molar-refractivity contribution in [1.82, 2.24) is 14.1 Å². The van der Waals surface area contributed by atoms with Crippen LogP contribution in [0.1, 0.15) is 50.6 Å². The van der Waals surface area contributed by atoms with Crippen molar-refractivity contribution < 1.29 is 23.7 Å². The number of halogens is 3. The molecule has 0 unspecified atom stereocenters. The number of rotatable bonds is 9. The maximum absolute atomic E-state index is 14.0. The maximum Gasteiger partial charge on any atom is 0.277 e. The van der Waals surface area contributed by atoms with Crippen molar-refractivity contribution in [2.75, 3.05) is 0 Å². The van der Waals surface area contributed by atoms with Crippen LogP contribution in [0.2, 0.25) is 5.02 Å². The highest BCUT2D eigenvalue weighted by atomic mass is 35.5. The zero-order chi connectivity index (χ0) is 30.8. The fourth-order valence-electron chi connectivity index (χ4n) is 4.21. The van der Waals surface area contributed by atoms with E-state index in [0.29, 0.717) is 17.3 Å². The molecular formula is C30H31ClF2N4O5. The number of allylic oxidation sites excluding steroid dienone is 1. The minimum atomic E-state index is -1.32. The third-order valence-corrected chi connectivity index (χ3v) is 7.48. The number of aromatic nitrogens is 3. The van der Waals surface area contributed by atoms with Crippen molar-refractivity contribution in [3.63, 3.8) is 0 Å². The molecule has 3 heterocycles. The zero-order valence-corrected chi connectivity index (χ0v) is 24.3. The summed E-state index contributed by atoms with van der Waals surface area (Å²) in [6.07, 6.45) is 7.39. The molecule has 0 radical (unpaired) electrons. The Balaban J connectivity index is 1.71. The number of aliphatic hydroxyl groups is 2. The van der Waals surface area contributed by atoms with E-state index in [4.69, 9.17) is 16.3 Å². The molecule has 9 nitrogen and oxygen atoms in total. The van der Waals surface area contributed by atoms with Crippen molar-refractivity contribution in [2.24, 2.45) is 10.9 Å². The van der Waals surface area contributed by atoms with Gasteiger partial charge in [0.1, 0.15) is 34.7 Å². The van der Waals surface area contributed by atoms with Gasteiger partial charge in [0.2, 0.25) is 0 Å². The highest BCUT2D eigenvalue weighted by Gasteiger charge is 2.43. The Bertz CT molecular complexity index is 1700. The number of hydrogen-bond donors (Lipinski definition) is 2. The van der Waals surface area contributed by atoms with E-state index in [1.54, 1.807) is 39.8 Å². The van der Waals surface area contributed by atoms with Crippen molar-refractivity contribution in [3.05, 3.63) is 109 Å². The number of aryl methyl sites for hydroxylation is 1. The van der Waals surface area contributed by atoms with E-state index in [9.17, 15) is 28.6 Å². The van der Waals surface area contributed by atoms with Gasteiger partial charge in [0, 0.05) is 42.0 Å². The standard InChI is InChI=1S/C30H31ClF2N4O5/c1-17(19(3)38)14-35-26(37-10-5-6-22(28(37)39)30(4,41)20-7-8-20)9-11-36-18(2)12-25(27(31)29(36)40)42-16-24-23(33)13-21(32)15-34-24/h5-6,9-15,19-20,38,41H,7-8,16H2,1-4H3/b11-9+,17-14-,35-26+/t19-,30-/m0/s1. The molecule has 0 amide bonds. The summed E-state index contributed by atoms with van der Waals surface area (Å²) in [6.45, 7) is 6.09. The van der Waals surface area contributed by atoms with E-state index in [1.807, 2.05) is 0 Å².